The molecule has 0 aliphatic rings. The highest BCUT2D eigenvalue weighted by Gasteiger charge is 2.00. The molecule has 0 aliphatic heterocycles. The van der Waals surface area contributed by atoms with Crippen molar-refractivity contribution in [3.63, 3.8) is 0 Å². The van der Waals surface area contributed by atoms with E-state index in [2.05, 4.69) is 44.2 Å². The third kappa shape index (κ3) is 4.12. The number of hydrogen-bond donors (Lipinski definition) is 0. The maximum atomic E-state index is 5.18. The van der Waals surface area contributed by atoms with Crippen LogP contribution in [0.3, 0.4) is 0 Å². The number of rotatable bonds is 6. The molecule has 2 rings (SSSR count). The summed E-state index contributed by atoms with van der Waals surface area (Å²) in [5, 5.41) is 0. The molecule has 0 saturated carbocycles. The molecule has 0 amide bonds. The first-order chi connectivity index (χ1) is 9.69. The molecule has 0 fully saturated rings. The molecule has 0 bridgehead atoms. The second-order valence-corrected chi connectivity index (χ2v) is 5.49. The van der Waals surface area contributed by atoms with E-state index in [0.29, 0.717) is 0 Å². The van der Waals surface area contributed by atoms with Crippen molar-refractivity contribution < 1.29 is 4.74 Å². The number of benzene rings is 2. The highest BCUT2D eigenvalue weighted by atomic mass is 16.5. The predicted octanol–water partition coefficient (Wildman–Crippen LogP) is 4.88. The number of hydrogen-bond acceptors (Lipinski definition) is 1. The van der Waals surface area contributed by atoms with Gasteiger partial charge in [0.05, 0.1) is 7.11 Å². The Labute approximate surface area is 122 Å². The van der Waals surface area contributed by atoms with Crippen LogP contribution in [0.5, 0.6) is 5.75 Å². The second-order valence-electron chi connectivity index (χ2n) is 5.49. The lowest BCUT2D eigenvalue weighted by Crippen LogP contribution is -1.93. The van der Waals surface area contributed by atoms with Gasteiger partial charge in [-0.15, -0.1) is 0 Å². The summed E-state index contributed by atoms with van der Waals surface area (Å²) < 4.78 is 5.18. The van der Waals surface area contributed by atoms with Gasteiger partial charge in [0.25, 0.3) is 0 Å². The molecule has 0 saturated heterocycles. The molecule has 2 aromatic rings. The monoisotopic (exact) mass is 268 g/mol. The molecule has 1 heteroatoms. The summed E-state index contributed by atoms with van der Waals surface area (Å²) in [6.45, 7) is 4.37. The van der Waals surface area contributed by atoms with Gasteiger partial charge in [0.2, 0.25) is 0 Å². The van der Waals surface area contributed by atoms with Gasteiger partial charge in [-0.2, -0.15) is 0 Å². The van der Waals surface area contributed by atoms with E-state index in [1.165, 1.54) is 41.5 Å². The lowest BCUT2D eigenvalue weighted by Gasteiger charge is -2.07. The minimum Gasteiger partial charge on any atom is -0.497 e. The van der Waals surface area contributed by atoms with Crippen molar-refractivity contribution in [1.82, 2.24) is 0 Å². The van der Waals surface area contributed by atoms with E-state index in [1.807, 2.05) is 12.1 Å². The molecule has 106 valence electrons. The van der Waals surface area contributed by atoms with Crippen LogP contribution in [-0.4, -0.2) is 7.11 Å². The molecule has 0 radical (unpaired) electrons. The van der Waals surface area contributed by atoms with Crippen LogP contribution in [0.1, 0.15) is 35.1 Å². The van der Waals surface area contributed by atoms with Gasteiger partial charge in [-0.1, -0.05) is 35.9 Å². The van der Waals surface area contributed by atoms with Gasteiger partial charge in [-0.3, -0.25) is 0 Å². The van der Waals surface area contributed by atoms with Crippen LogP contribution in [0.2, 0.25) is 0 Å². The fraction of sp³-hybridized carbons (Fsp3) is 0.368. The van der Waals surface area contributed by atoms with Crippen LogP contribution >= 0.6 is 0 Å². The van der Waals surface area contributed by atoms with E-state index in [-0.39, 0.29) is 0 Å². The van der Waals surface area contributed by atoms with Crippen molar-refractivity contribution in [3.8, 4) is 5.75 Å². The number of unbranched alkanes of at least 4 members (excludes halogenated alkanes) is 1. The van der Waals surface area contributed by atoms with E-state index in [1.54, 1.807) is 7.11 Å². The molecule has 0 heterocycles. The normalized spacial score (nSPS) is 10.6. The smallest absolute Gasteiger partial charge is 0.118 e. The van der Waals surface area contributed by atoms with E-state index in [4.69, 9.17) is 4.74 Å². The molecule has 0 aromatic heterocycles. The van der Waals surface area contributed by atoms with Crippen molar-refractivity contribution >= 4 is 0 Å². The third-order valence-corrected chi connectivity index (χ3v) is 3.82. The minimum atomic E-state index is 0.934. The van der Waals surface area contributed by atoms with Crippen molar-refractivity contribution in [2.45, 2.75) is 39.5 Å². The van der Waals surface area contributed by atoms with Crippen molar-refractivity contribution in [2.75, 3.05) is 7.11 Å². The van der Waals surface area contributed by atoms with Gasteiger partial charge in [0.15, 0.2) is 0 Å². The zero-order valence-electron chi connectivity index (χ0n) is 12.8. The van der Waals surface area contributed by atoms with Gasteiger partial charge in [0.1, 0.15) is 5.75 Å². The molecule has 0 spiro atoms. The van der Waals surface area contributed by atoms with E-state index < -0.39 is 0 Å². The van der Waals surface area contributed by atoms with Gasteiger partial charge >= 0.3 is 0 Å². The molecular weight excluding hydrogens is 244 g/mol. The summed E-state index contributed by atoms with van der Waals surface area (Å²) in [4.78, 5) is 0. The maximum absolute atomic E-state index is 5.18. The fourth-order valence-electron chi connectivity index (χ4n) is 2.56. The standard InChI is InChI=1S/C19H24O/c1-15-8-11-18(16(2)14-15)7-5-4-6-17-9-12-19(20-3)13-10-17/h8-14H,4-7H2,1-3H3. The largest absolute Gasteiger partial charge is 0.497 e. The van der Waals surface area contributed by atoms with Crippen LogP contribution in [0.15, 0.2) is 42.5 Å². The zero-order chi connectivity index (χ0) is 14.4. The van der Waals surface area contributed by atoms with Crippen LogP contribution in [0, 0.1) is 13.8 Å². The fourth-order valence-corrected chi connectivity index (χ4v) is 2.56. The van der Waals surface area contributed by atoms with Crippen LogP contribution in [0.25, 0.3) is 0 Å². The number of methoxy groups -OCH3 is 1. The van der Waals surface area contributed by atoms with E-state index in [0.717, 1.165) is 12.2 Å². The maximum Gasteiger partial charge on any atom is 0.118 e. The van der Waals surface area contributed by atoms with Crippen molar-refractivity contribution in [3.05, 3.63) is 64.7 Å². The first-order valence-corrected chi connectivity index (χ1v) is 7.38. The lowest BCUT2D eigenvalue weighted by atomic mass is 9.99. The average Bonchev–Trinajstić information content (AvgIpc) is 2.46. The number of aryl methyl sites for hydroxylation is 4. The van der Waals surface area contributed by atoms with Crippen molar-refractivity contribution in [1.29, 1.82) is 0 Å². The molecule has 2 aromatic carbocycles. The third-order valence-electron chi connectivity index (χ3n) is 3.82. The zero-order valence-corrected chi connectivity index (χ0v) is 12.8. The second kappa shape index (κ2) is 7.14. The molecule has 0 atom stereocenters. The van der Waals surface area contributed by atoms with Crippen molar-refractivity contribution in [2.24, 2.45) is 0 Å². The molecular formula is C19H24O. The first-order valence-electron chi connectivity index (χ1n) is 7.38. The summed E-state index contributed by atoms with van der Waals surface area (Å²) >= 11 is 0. The summed E-state index contributed by atoms with van der Waals surface area (Å²) in [5.41, 5.74) is 5.66. The molecule has 20 heavy (non-hydrogen) atoms. The van der Waals surface area contributed by atoms with Gasteiger partial charge in [-0.25, -0.2) is 0 Å². The highest BCUT2D eigenvalue weighted by molar-refractivity contribution is 5.30. The highest BCUT2D eigenvalue weighted by Crippen LogP contribution is 2.16. The first kappa shape index (κ1) is 14.6. The molecule has 0 unspecified atom stereocenters. The Morgan fingerprint density at radius 2 is 1.55 bits per heavy atom. The quantitative estimate of drug-likeness (QED) is 0.679. The Bertz CT molecular complexity index is 540. The van der Waals surface area contributed by atoms with Crippen LogP contribution in [0.4, 0.5) is 0 Å². The molecule has 0 N–H and O–H groups in total. The molecule has 1 nitrogen and oxygen atoms in total. The Hall–Kier alpha value is -1.76. The topological polar surface area (TPSA) is 9.23 Å². The summed E-state index contributed by atoms with van der Waals surface area (Å²) in [6, 6.07) is 15.2. The summed E-state index contributed by atoms with van der Waals surface area (Å²) in [6.07, 6.45) is 4.81. The number of ether oxygens (including phenoxy) is 1. The Balaban J connectivity index is 1.78. The Morgan fingerprint density at radius 1 is 0.850 bits per heavy atom. The minimum absolute atomic E-state index is 0.934. The average molecular weight is 268 g/mol. The van der Waals surface area contributed by atoms with Gasteiger partial charge in [-0.05, 0) is 68.4 Å². The lowest BCUT2D eigenvalue weighted by molar-refractivity contribution is 0.414. The van der Waals surface area contributed by atoms with Gasteiger partial charge in [0, 0.05) is 0 Å². The Kier molecular flexibility index (Phi) is 5.23. The van der Waals surface area contributed by atoms with E-state index >= 15 is 0 Å². The Morgan fingerprint density at radius 3 is 2.20 bits per heavy atom. The summed E-state index contributed by atoms with van der Waals surface area (Å²) in [5.74, 6) is 0.934. The van der Waals surface area contributed by atoms with Gasteiger partial charge < -0.3 is 4.74 Å². The predicted molar refractivity (Wildman–Crippen MR) is 85.6 cm³/mol. The summed E-state index contributed by atoms with van der Waals surface area (Å²) in [7, 11) is 1.71. The SMILES string of the molecule is COc1ccc(CCCCc2ccc(C)cc2C)cc1. The molecule has 0 aliphatic carbocycles. The van der Waals surface area contributed by atoms with E-state index in [9.17, 15) is 0 Å². The van der Waals surface area contributed by atoms with Crippen LogP contribution in [-0.2, 0) is 12.8 Å². The van der Waals surface area contributed by atoms with Crippen LogP contribution < -0.4 is 4.74 Å².